The molecule has 0 aromatic rings. The summed E-state index contributed by atoms with van der Waals surface area (Å²) >= 11 is 0. The number of unbranched alkanes of at least 4 members (excludes halogenated alkanes) is 2. The van der Waals surface area contributed by atoms with Crippen LogP contribution in [0.25, 0.3) is 0 Å². The number of carboxylic acids is 1. The van der Waals surface area contributed by atoms with Gasteiger partial charge in [0.25, 0.3) is 0 Å². The molecular weight excluding hydrogens is 376 g/mol. The molecule has 0 radical (unpaired) electrons. The van der Waals surface area contributed by atoms with Crippen molar-refractivity contribution < 1.29 is 34.1 Å². The molecule has 0 saturated heterocycles. The van der Waals surface area contributed by atoms with Gasteiger partial charge < -0.3 is 19.7 Å². The molecule has 3 atom stereocenters. The first kappa shape index (κ1) is 27.4. The standard InChI is InChI=1S/C22H40O7/c1-5-9-11-17(7-3)15-28-20(25)14-22(27,13-19(23)24)21(26)29-16-18(8-4)12-10-6-2/h17-18,27H,5-16H2,1-4H3,(H,23,24). The zero-order valence-corrected chi connectivity index (χ0v) is 18.6. The second kappa shape index (κ2) is 15.2. The van der Waals surface area contributed by atoms with E-state index in [0.29, 0.717) is 0 Å². The zero-order chi connectivity index (χ0) is 22.3. The van der Waals surface area contributed by atoms with Crippen LogP contribution in [0.1, 0.15) is 91.9 Å². The van der Waals surface area contributed by atoms with Crippen molar-refractivity contribution in [1.82, 2.24) is 0 Å². The average molecular weight is 417 g/mol. The number of hydrogen-bond acceptors (Lipinski definition) is 6. The SMILES string of the molecule is CCCCC(CC)COC(=O)CC(O)(CC(=O)O)C(=O)OCC(CC)CCCC. The van der Waals surface area contributed by atoms with Crippen LogP contribution in [-0.4, -0.2) is 46.9 Å². The molecule has 0 aromatic carbocycles. The van der Waals surface area contributed by atoms with Gasteiger partial charge in [-0.25, -0.2) is 4.79 Å². The van der Waals surface area contributed by atoms with Crippen molar-refractivity contribution in [3.05, 3.63) is 0 Å². The van der Waals surface area contributed by atoms with Crippen molar-refractivity contribution in [2.75, 3.05) is 13.2 Å². The van der Waals surface area contributed by atoms with Crippen LogP contribution in [0.3, 0.4) is 0 Å². The molecule has 7 heteroatoms. The summed E-state index contributed by atoms with van der Waals surface area (Å²) in [5.74, 6) is -2.90. The molecule has 0 bridgehead atoms. The van der Waals surface area contributed by atoms with Crippen LogP contribution in [0.15, 0.2) is 0 Å². The Labute approximate surface area is 175 Å². The molecule has 0 fully saturated rings. The Morgan fingerprint density at radius 2 is 1.31 bits per heavy atom. The summed E-state index contributed by atoms with van der Waals surface area (Å²) in [5.41, 5.74) is -2.42. The number of hydrogen-bond donors (Lipinski definition) is 2. The monoisotopic (exact) mass is 416 g/mol. The van der Waals surface area contributed by atoms with Gasteiger partial charge in [0, 0.05) is 0 Å². The fourth-order valence-electron chi connectivity index (χ4n) is 3.08. The van der Waals surface area contributed by atoms with Gasteiger partial charge in [0.2, 0.25) is 0 Å². The number of aliphatic hydroxyl groups is 1. The first-order chi connectivity index (χ1) is 13.7. The summed E-state index contributed by atoms with van der Waals surface area (Å²) in [7, 11) is 0. The molecule has 0 heterocycles. The number of rotatable bonds is 17. The smallest absolute Gasteiger partial charge is 0.339 e. The minimum Gasteiger partial charge on any atom is -0.481 e. The number of carboxylic acid groups (broad SMARTS) is 1. The Morgan fingerprint density at radius 3 is 1.72 bits per heavy atom. The van der Waals surface area contributed by atoms with Crippen LogP contribution < -0.4 is 0 Å². The largest absolute Gasteiger partial charge is 0.481 e. The predicted molar refractivity (Wildman–Crippen MR) is 110 cm³/mol. The molecule has 170 valence electrons. The highest BCUT2D eigenvalue weighted by Crippen LogP contribution is 2.22. The minimum absolute atomic E-state index is 0.0984. The zero-order valence-electron chi connectivity index (χ0n) is 18.6. The van der Waals surface area contributed by atoms with Crippen molar-refractivity contribution in [3.63, 3.8) is 0 Å². The van der Waals surface area contributed by atoms with Crippen LogP contribution >= 0.6 is 0 Å². The molecule has 7 nitrogen and oxygen atoms in total. The highest BCUT2D eigenvalue weighted by atomic mass is 16.6. The lowest BCUT2D eigenvalue weighted by atomic mass is 9.95. The lowest BCUT2D eigenvalue weighted by Gasteiger charge is -2.25. The molecule has 0 aromatic heterocycles. The quantitative estimate of drug-likeness (QED) is 0.343. The van der Waals surface area contributed by atoms with Gasteiger partial charge in [0.05, 0.1) is 26.1 Å². The van der Waals surface area contributed by atoms with Gasteiger partial charge in [0.1, 0.15) is 0 Å². The van der Waals surface area contributed by atoms with E-state index in [2.05, 4.69) is 13.8 Å². The van der Waals surface area contributed by atoms with Gasteiger partial charge in [0.15, 0.2) is 5.60 Å². The number of esters is 2. The normalized spacial score (nSPS) is 15.2. The van der Waals surface area contributed by atoms with E-state index in [1.54, 1.807) is 0 Å². The Bertz CT molecular complexity index is 492. The molecule has 0 aliphatic rings. The van der Waals surface area contributed by atoms with Crippen LogP contribution in [0.5, 0.6) is 0 Å². The minimum atomic E-state index is -2.42. The summed E-state index contributed by atoms with van der Waals surface area (Å²) < 4.78 is 10.4. The summed E-state index contributed by atoms with van der Waals surface area (Å²) in [6.07, 6.45) is 5.94. The van der Waals surface area contributed by atoms with E-state index in [1.165, 1.54) is 0 Å². The lowest BCUT2D eigenvalue weighted by molar-refractivity contribution is -0.178. The highest BCUT2D eigenvalue weighted by Gasteiger charge is 2.43. The van der Waals surface area contributed by atoms with Gasteiger partial charge in [-0.2, -0.15) is 0 Å². The maximum atomic E-state index is 12.4. The molecule has 0 aliphatic carbocycles. The van der Waals surface area contributed by atoms with Crippen molar-refractivity contribution in [3.8, 4) is 0 Å². The maximum Gasteiger partial charge on any atom is 0.339 e. The van der Waals surface area contributed by atoms with E-state index in [1.807, 2.05) is 13.8 Å². The third-order valence-corrected chi connectivity index (χ3v) is 5.28. The Kier molecular flexibility index (Phi) is 14.4. The van der Waals surface area contributed by atoms with E-state index in [0.717, 1.165) is 51.4 Å². The number of carbonyl (C=O) groups is 3. The van der Waals surface area contributed by atoms with Crippen molar-refractivity contribution in [2.45, 2.75) is 97.5 Å². The molecule has 29 heavy (non-hydrogen) atoms. The molecular formula is C22H40O7. The molecule has 0 saturated carbocycles. The van der Waals surface area contributed by atoms with Gasteiger partial charge in [-0.3, -0.25) is 9.59 Å². The van der Waals surface area contributed by atoms with E-state index in [4.69, 9.17) is 14.6 Å². The molecule has 0 spiro atoms. The van der Waals surface area contributed by atoms with Crippen molar-refractivity contribution in [2.24, 2.45) is 11.8 Å². The Morgan fingerprint density at radius 1 is 0.828 bits per heavy atom. The van der Waals surface area contributed by atoms with E-state index < -0.39 is 36.4 Å². The lowest BCUT2D eigenvalue weighted by Crippen LogP contribution is -2.45. The third-order valence-electron chi connectivity index (χ3n) is 5.28. The predicted octanol–water partition coefficient (Wildman–Crippen LogP) is 4.10. The van der Waals surface area contributed by atoms with Crippen molar-refractivity contribution in [1.29, 1.82) is 0 Å². The van der Waals surface area contributed by atoms with E-state index in [9.17, 15) is 19.5 Å². The first-order valence-electron chi connectivity index (χ1n) is 11.0. The summed E-state index contributed by atoms with van der Waals surface area (Å²) in [4.78, 5) is 35.8. The van der Waals surface area contributed by atoms with Crippen LogP contribution in [0.4, 0.5) is 0 Å². The average Bonchev–Trinajstić information content (AvgIpc) is 2.67. The second-order valence-corrected chi connectivity index (χ2v) is 7.89. The van der Waals surface area contributed by atoms with E-state index in [-0.39, 0.29) is 25.0 Å². The van der Waals surface area contributed by atoms with Crippen LogP contribution in [0, 0.1) is 11.8 Å². The summed E-state index contributed by atoms with van der Waals surface area (Å²) in [6, 6.07) is 0. The Hall–Kier alpha value is -1.63. The third kappa shape index (κ3) is 11.8. The van der Waals surface area contributed by atoms with E-state index >= 15 is 0 Å². The summed E-state index contributed by atoms with van der Waals surface area (Å²) in [6.45, 7) is 8.44. The topological polar surface area (TPSA) is 110 Å². The van der Waals surface area contributed by atoms with Crippen LogP contribution in [0.2, 0.25) is 0 Å². The fourth-order valence-corrected chi connectivity index (χ4v) is 3.08. The number of ether oxygens (including phenoxy) is 2. The van der Waals surface area contributed by atoms with Gasteiger partial charge in [-0.1, -0.05) is 66.2 Å². The number of aliphatic carboxylic acids is 1. The maximum absolute atomic E-state index is 12.4. The molecule has 3 unspecified atom stereocenters. The van der Waals surface area contributed by atoms with Crippen molar-refractivity contribution >= 4 is 17.9 Å². The molecule has 2 N–H and O–H groups in total. The van der Waals surface area contributed by atoms with Gasteiger partial charge in [-0.15, -0.1) is 0 Å². The number of carbonyl (C=O) groups excluding carboxylic acids is 2. The second-order valence-electron chi connectivity index (χ2n) is 7.89. The Balaban J connectivity index is 4.86. The fraction of sp³-hybridized carbons (Fsp3) is 0.864. The van der Waals surface area contributed by atoms with Gasteiger partial charge in [-0.05, 0) is 24.7 Å². The highest BCUT2D eigenvalue weighted by molar-refractivity contribution is 5.89. The summed E-state index contributed by atoms with van der Waals surface area (Å²) in [5, 5.41) is 19.7. The first-order valence-corrected chi connectivity index (χ1v) is 11.0. The molecule has 0 amide bonds. The molecule has 0 aliphatic heterocycles. The molecule has 0 rings (SSSR count). The van der Waals surface area contributed by atoms with Gasteiger partial charge >= 0.3 is 17.9 Å². The van der Waals surface area contributed by atoms with Crippen LogP contribution in [-0.2, 0) is 23.9 Å².